The molecule has 0 radical (unpaired) electrons. The van der Waals surface area contributed by atoms with E-state index in [1.807, 2.05) is 12.2 Å². The molecule has 0 spiro atoms. The van der Waals surface area contributed by atoms with Gasteiger partial charge in [0.15, 0.2) is 12.4 Å². The largest absolute Gasteiger partial charge is 0.479 e. The Hall–Kier alpha value is -2.38. The second kappa shape index (κ2) is 7.80. The minimum atomic E-state index is -0.537. The fraction of sp³-hybridized carbons (Fsp3) is 0.400. The number of ether oxygens (including phenoxy) is 2. The van der Waals surface area contributed by atoms with Crippen LogP contribution in [0.3, 0.4) is 0 Å². The van der Waals surface area contributed by atoms with Crippen LogP contribution in [-0.2, 0) is 19.1 Å². The van der Waals surface area contributed by atoms with Gasteiger partial charge in [-0.2, -0.15) is 10.1 Å². The smallest absolute Gasteiger partial charge is 0.344 e. The number of hydrogen-bond donors (Lipinski definition) is 0. The molecule has 2 aliphatic carbocycles. The van der Waals surface area contributed by atoms with Crippen molar-refractivity contribution in [2.75, 3.05) is 13.2 Å². The van der Waals surface area contributed by atoms with Gasteiger partial charge in [0.05, 0.1) is 34.7 Å². The van der Waals surface area contributed by atoms with Gasteiger partial charge in [-0.15, -0.1) is 0 Å². The summed E-state index contributed by atoms with van der Waals surface area (Å²) in [5, 5.41) is 5.38. The highest BCUT2D eigenvalue weighted by molar-refractivity contribution is 6.37. The lowest BCUT2D eigenvalue weighted by Gasteiger charge is -2.13. The summed E-state index contributed by atoms with van der Waals surface area (Å²) < 4.78 is 10.1. The number of fused-ring (bicyclic) bond motifs is 5. The molecule has 7 nitrogen and oxygen atoms in total. The van der Waals surface area contributed by atoms with Crippen molar-refractivity contribution in [3.8, 4) is 5.75 Å². The first-order chi connectivity index (χ1) is 13.9. The fourth-order valence-electron chi connectivity index (χ4n) is 4.25. The summed E-state index contributed by atoms with van der Waals surface area (Å²) in [6.07, 6.45) is 6.28. The molecule has 152 valence electrons. The lowest BCUT2D eigenvalue weighted by atomic mass is 9.85. The van der Waals surface area contributed by atoms with Crippen LogP contribution in [0.5, 0.6) is 5.75 Å². The molecule has 0 N–H and O–H groups in total. The molecule has 1 heterocycles. The van der Waals surface area contributed by atoms with E-state index >= 15 is 0 Å². The van der Waals surface area contributed by atoms with Crippen LogP contribution < -0.4 is 4.74 Å². The number of rotatable bonds is 6. The van der Waals surface area contributed by atoms with Crippen LogP contribution in [0.25, 0.3) is 0 Å². The van der Waals surface area contributed by atoms with E-state index < -0.39 is 5.97 Å². The van der Waals surface area contributed by atoms with Gasteiger partial charge in [-0.05, 0) is 42.9 Å². The Bertz CT molecular complexity index is 892. The van der Waals surface area contributed by atoms with Crippen LogP contribution in [0.2, 0.25) is 10.0 Å². The molecule has 4 rings (SSSR count). The summed E-state index contributed by atoms with van der Waals surface area (Å²) in [5.74, 6) is -1.28. The highest BCUT2D eigenvalue weighted by Gasteiger charge is 2.59. The van der Waals surface area contributed by atoms with E-state index in [1.165, 1.54) is 18.3 Å². The average Bonchev–Trinajstić information content (AvgIpc) is 3.34. The number of imide groups is 1. The van der Waals surface area contributed by atoms with E-state index in [0.717, 1.165) is 11.4 Å². The SMILES string of the molecule is CCOC(=O)COc1c(Cl)cc(C=NN2C(=O)[C@@H]3[C@H](C2=O)[C@H]2C=C[C@H]3C2)cc1Cl. The first-order valence-electron chi connectivity index (χ1n) is 9.28. The normalized spacial score (nSPS) is 27.2. The van der Waals surface area contributed by atoms with E-state index in [1.54, 1.807) is 6.92 Å². The predicted molar refractivity (Wildman–Crippen MR) is 106 cm³/mol. The maximum atomic E-state index is 12.6. The third kappa shape index (κ3) is 3.53. The molecule has 4 atom stereocenters. The van der Waals surface area contributed by atoms with Crippen molar-refractivity contribution in [1.82, 2.24) is 5.01 Å². The quantitative estimate of drug-likeness (QED) is 0.296. The molecule has 2 bridgehead atoms. The van der Waals surface area contributed by atoms with Gasteiger partial charge < -0.3 is 9.47 Å². The monoisotopic (exact) mass is 436 g/mol. The molecule has 1 aromatic carbocycles. The summed E-state index contributed by atoms with van der Waals surface area (Å²) in [4.78, 5) is 36.7. The number of benzene rings is 1. The highest BCUT2D eigenvalue weighted by Crippen LogP contribution is 2.52. The second-order valence-electron chi connectivity index (χ2n) is 7.14. The van der Waals surface area contributed by atoms with E-state index in [2.05, 4.69) is 5.10 Å². The van der Waals surface area contributed by atoms with Gasteiger partial charge in [-0.3, -0.25) is 9.59 Å². The third-order valence-electron chi connectivity index (χ3n) is 5.43. The number of esters is 1. The average molecular weight is 437 g/mol. The molecule has 1 saturated heterocycles. The van der Waals surface area contributed by atoms with Crippen LogP contribution in [0, 0.1) is 23.7 Å². The summed E-state index contributed by atoms with van der Waals surface area (Å²) in [6, 6.07) is 3.04. The lowest BCUT2D eigenvalue weighted by molar-refractivity contribution is -0.145. The van der Waals surface area contributed by atoms with E-state index in [0.29, 0.717) is 5.56 Å². The predicted octanol–water partition coefficient (Wildman–Crippen LogP) is 3.08. The van der Waals surface area contributed by atoms with Crippen molar-refractivity contribution in [3.05, 3.63) is 39.9 Å². The van der Waals surface area contributed by atoms with Gasteiger partial charge >= 0.3 is 5.97 Å². The minimum absolute atomic E-state index is 0.126. The number of carbonyl (C=O) groups is 3. The van der Waals surface area contributed by atoms with Gasteiger partial charge in [0, 0.05) is 0 Å². The Morgan fingerprint density at radius 2 is 1.76 bits per heavy atom. The zero-order chi connectivity index (χ0) is 20.7. The molecule has 3 aliphatic rings. The molecule has 1 aromatic rings. The number of allylic oxidation sites excluding steroid dienone is 2. The number of halogens is 2. The molecule has 0 unspecified atom stereocenters. The Labute approximate surface area is 177 Å². The molecular formula is C20H18Cl2N2O5. The zero-order valence-corrected chi connectivity index (χ0v) is 17.0. The highest BCUT2D eigenvalue weighted by atomic mass is 35.5. The summed E-state index contributed by atoms with van der Waals surface area (Å²) in [5.41, 5.74) is 0.488. The molecule has 0 aromatic heterocycles. The van der Waals surface area contributed by atoms with Crippen molar-refractivity contribution < 1.29 is 23.9 Å². The maximum absolute atomic E-state index is 12.6. The fourth-order valence-corrected chi connectivity index (χ4v) is 4.86. The molecule has 1 aliphatic heterocycles. The number of carbonyl (C=O) groups excluding carboxylic acids is 3. The van der Waals surface area contributed by atoms with Crippen LogP contribution in [-0.4, -0.2) is 42.2 Å². The summed E-state index contributed by atoms with van der Waals surface area (Å²) in [7, 11) is 0. The van der Waals surface area contributed by atoms with Crippen LogP contribution >= 0.6 is 23.2 Å². The maximum Gasteiger partial charge on any atom is 0.344 e. The van der Waals surface area contributed by atoms with Crippen molar-refractivity contribution in [2.24, 2.45) is 28.8 Å². The first-order valence-corrected chi connectivity index (χ1v) is 10.0. The van der Waals surface area contributed by atoms with Crippen molar-refractivity contribution in [3.63, 3.8) is 0 Å². The minimum Gasteiger partial charge on any atom is -0.479 e. The van der Waals surface area contributed by atoms with Crippen LogP contribution in [0.1, 0.15) is 18.9 Å². The van der Waals surface area contributed by atoms with Crippen LogP contribution in [0.15, 0.2) is 29.4 Å². The van der Waals surface area contributed by atoms with Gasteiger partial charge in [0.25, 0.3) is 11.8 Å². The lowest BCUT2D eigenvalue weighted by Crippen LogP contribution is -2.28. The number of hydrazone groups is 1. The molecular weight excluding hydrogens is 419 g/mol. The van der Waals surface area contributed by atoms with Crippen molar-refractivity contribution >= 4 is 47.2 Å². The van der Waals surface area contributed by atoms with Gasteiger partial charge in [-0.25, -0.2) is 4.79 Å². The number of hydrogen-bond acceptors (Lipinski definition) is 6. The Morgan fingerprint density at radius 1 is 1.17 bits per heavy atom. The molecule has 9 heteroatoms. The number of amides is 2. The van der Waals surface area contributed by atoms with Crippen LogP contribution in [0.4, 0.5) is 0 Å². The van der Waals surface area contributed by atoms with Gasteiger partial charge in [0.1, 0.15) is 0 Å². The topological polar surface area (TPSA) is 85.3 Å². The third-order valence-corrected chi connectivity index (χ3v) is 5.99. The molecule has 2 amide bonds. The Morgan fingerprint density at radius 3 is 2.31 bits per heavy atom. The Balaban J connectivity index is 1.47. The van der Waals surface area contributed by atoms with E-state index in [9.17, 15) is 14.4 Å². The first kappa shape index (κ1) is 19.9. The zero-order valence-electron chi connectivity index (χ0n) is 15.5. The summed E-state index contributed by atoms with van der Waals surface area (Å²) in [6.45, 7) is 1.61. The molecule has 2 fully saturated rings. The van der Waals surface area contributed by atoms with Gasteiger partial charge in [0.2, 0.25) is 0 Å². The summed E-state index contributed by atoms with van der Waals surface area (Å²) >= 11 is 12.4. The van der Waals surface area contributed by atoms with Crippen molar-refractivity contribution in [2.45, 2.75) is 13.3 Å². The van der Waals surface area contributed by atoms with E-state index in [4.69, 9.17) is 32.7 Å². The number of nitrogens with zero attached hydrogens (tertiary/aromatic N) is 2. The standard InChI is InChI=1S/C20H18Cl2N2O5/c1-2-28-15(25)9-29-18-13(21)5-10(6-14(18)22)8-23-24-19(26)16-11-3-4-12(7-11)17(16)20(24)27/h3-6,8,11-12,16-17H,2,7,9H2,1H3/t11-,12-,16-,17+/m0/s1. The van der Waals surface area contributed by atoms with Crippen molar-refractivity contribution in [1.29, 1.82) is 0 Å². The molecule has 29 heavy (non-hydrogen) atoms. The Kier molecular flexibility index (Phi) is 5.36. The van der Waals surface area contributed by atoms with E-state index in [-0.39, 0.29) is 64.5 Å². The van der Waals surface area contributed by atoms with Gasteiger partial charge in [-0.1, -0.05) is 35.4 Å². The second-order valence-corrected chi connectivity index (χ2v) is 7.95. The molecule has 1 saturated carbocycles.